The summed E-state index contributed by atoms with van der Waals surface area (Å²) in [6, 6.07) is 1.79. The SMILES string of the molecule is O=C(C1CCCC1)N1CCN(CCn2nc3c(cc2=O)CCCC3)CC1. The second kappa shape index (κ2) is 7.91. The molecule has 0 unspecified atom stereocenters. The summed E-state index contributed by atoms with van der Waals surface area (Å²) in [5.41, 5.74) is 2.29. The van der Waals surface area contributed by atoms with Crippen LogP contribution in [0.1, 0.15) is 49.8 Å². The van der Waals surface area contributed by atoms with E-state index in [-0.39, 0.29) is 11.5 Å². The molecule has 6 nitrogen and oxygen atoms in total. The van der Waals surface area contributed by atoms with Crippen LogP contribution in [0, 0.1) is 5.92 Å². The van der Waals surface area contributed by atoms with E-state index in [1.165, 1.54) is 25.7 Å². The normalized spacial score (nSPS) is 21.8. The highest BCUT2D eigenvalue weighted by Gasteiger charge is 2.29. The summed E-state index contributed by atoms with van der Waals surface area (Å²) in [6.07, 6.45) is 8.90. The van der Waals surface area contributed by atoms with E-state index in [0.29, 0.717) is 12.5 Å². The van der Waals surface area contributed by atoms with Gasteiger partial charge in [-0.1, -0.05) is 12.8 Å². The Morgan fingerprint density at radius 2 is 1.73 bits per heavy atom. The first-order chi connectivity index (χ1) is 12.7. The Bertz CT molecular complexity index is 700. The van der Waals surface area contributed by atoms with Crippen LogP contribution in [0.5, 0.6) is 0 Å². The molecule has 1 saturated heterocycles. The number of amides is 1. The van der Waals surface area contributed by atoms with E-state index < -0.39 is 0 Å². The molecule has 6 heteroatoms. The first kappa shape index (κ1) is 17.7. The van der Waals surface area contributed by atoms with Crippen molar-refractivity contribution in [3.63, 3.8) is 0 Å². The molecule has 1 aromatic rings. The molecule has 142 valence electrons. The van der Waals surface area contributed by atoms with Crippen LogP contribution in [0.15, 0.2) is 10.9 Å². The Morgan fingerprint density at radius 3 is 2.50 bits per heavy atom. The minimum Gasteiger partial charge on any atom is -0.340 e. The minimum absolute atomic E-state index is 0.0284. The molecule has 0 aromatic carbocycles. The van der Waals surface area contributed by atoms with E-state index in [2.05, 4.69) is 14.9 Å². The van der Waals surface area contributed by atoms with E-state index >= 15 is 0 Å². The van der Waals surface area contributed by atoms with Crippen molar-refractivity contribution in [2.24, 2.45) is 5.92 Å². The molecule has 2 fully saturated rings. The van der Waals surface area contributed by atoms with Crippen molar-refractivity contribution < 1.29 is 4.79 Å². The molecule has 1 saturated carbocycles. The van der Waals surface area contributed by atoms with Gasteiger partial charge in [0.15, 0.2) is 0 Å². The molecule has 2 heterocycles. The largest absolute Gasteiger partial charge is 0.340 e. The minimum atomic E-state index is 0.0284. The molecular weight excluding hydrogens is 328 g/mol. The molecule has 0 spiro atoms. The topological polar surface area (TPSA) is 58.4 Å². The van der Waals surface area contributed by atoms with Crippen molar-refractivity contribution in [3.05, 3.63) is 27.7 Å². The number of carbonyl (C=O) groups is 1. The molecule has 2 aliphatic carbocycles. The maximum absolute atomic E-state index is 12.5. The lowest BCUT2D eigenvalue weighted by atomic mass is 9.97. The van der Waals surface area contributed by atoms with Gasteiger partial charge in [-0.15, -0.1) is 0 Å². The number of aryl methyl sites for hydroxylation is 2. The van der Waals surface area contributed by atoms with Gasteiger partial charge in [-0.3, -0.25) is 14.5 Å². The Balaban J connectivity index is 1.28. The van der Waals surface area contributed by atoms with Gasteiger partial charge < -0.3 is 4.90 Å². The van der Waals surface area contributed by atoms with Gasteiger partial charge in [0.25, 0.3) is 5.56 Å². The zero-order valence-electron chi connectivity index (χ0n) is 15.7. The zero-order valence-corrected chi connectivity index (χ0v) is 15.7. The van der Waals surface area contributed by atoms with Crippen LogP contribution >= 0.6 is 0 Å². The first-order valence-corrected chi connectivity index (χ1v) is 10.3. The van der Waals surface area contributed by atoms with Crippen molar-refractivity contribution in [2.75, 3.05) is 32.7 Å². The fourth-order valence-corrected chi connectivity index (χ4v) is 4.62. The molecule has 1 aromatic heterocycles. The maximum Gasteiger partial charge on any atom is 0.267 e. The maximum atomic E-state index is 12.5. The van der Waals surface area contributed by atoms with E-state index in [0.717, 1.165) is 69.7 Å². The van der Waals surface area contributed by atoms with Crippen LogP contribution in [0.2, 0.25) is 0 Å². The number of aromatic nitrogens is 2. The lowest BCUT2D eigenvalue weighted by molar-refractivity contribution is -0.137. The molecule has 3 aliphatic rings. The summed E-state index contributed by atoms with van der Waals surface area (Å²) in [5.74, 6) is 0.648. The van der Waals surface area contributed by atoms with Gasteiger partial charge in [0.05, 0.1) is 12.2 Å². The third kappa shape index (κ3) is 3.85. The highest BCUT2D eigenvalue weighted by atomic mass is 16.2. The molecular formula is C20H30N4O2. The predicted molar refractivity (Wildman–Crippen MR) is 100 cm³/mol. The number of hydrogen-bond acceptors (Lipinski definition) is 4. The van der Waals surface area contributed by atoms with Gasteiger partial charge in [-0.05, 0) is 44.1 Å². The fraction of sp³-hybridized carbons (Fsp3) is 0.750. The zero-order chi connectivity index (χ0) is 17.9. The van der Waals surface area contributed by atoms with E-state index in [1.807, 2.05) is 0 Å². The van der Waals surface area contributed by atoms with Gasteiger partial charge in [-0.2, -0.15) is 5.10 Å². The Kier molecular flexibility index (Phi) is 5.38. The van der Waals surface area contributed by atoms with Gasteiger partial charge in [0.1, 0.15) is 0 Å². The van der Waals surface area contributed by atoms with Crippen LogP contribution in [0.4, 0.5) is 0 Å². The molecule has 1 amide bonds. The van der Waals surface area contributed by atoms with Crippen LogP contribution in [0.25, 0.3) is 0 Å². The highest BCUT2D eigenvalue weighted by Crippen LogP contribution is 2.26. The number of piperazine rings is 1. The van der Waals surface area contributed by atoms with E-state index in [1.54, 1.807) is 10.7 Å². The standard InChI is InChI=1S/C20H30N4O2/c25-19-15-17-7-3-4-8-18(17)21-24(19)14-11-22-9-12-23(13-10-22)20(26)16-5-1-2-6-16/h15-16H,1-14H2. The van der Waals surface area contributed by atoms with Crippen LogP contribution < -0.4 is 5.56 Å². The number of hydrogen-bond donors (Lipinski definition) is 0. The summed E-state index contributed by atoms with van der Waals surface area (Å²) >= 11 is 0. The molecule has 0 N–H and O–H groups in total. The second-order valence-electron chi connectivity index (χ2n) is 8.03. The lowest BCUT2D eigenvalue weighted by Crippen LogP contribution is -2.50. The Hall–Kier alpha value is -1.69. The summed E-state index contributed by atoms with van der Waals surface area (Å²) in [7, 11) is 0. The quantitative estimate of drug-likeness (QED) is 0.818. The monoisotopic (exact) mass is 358 g/mol. The first-order valence-electron chi connectivity index (χ1n) is 10.3. The van der Waals surface area contributed by atoms with Crippen molar-refractivity contribution in [1.82, 2.24) is 19.6 Å². The Morgan fingerprint density at radius 1 is 1.00 bits per heavy atom. The molecule has 26 heavy (non-hydrogen) atoms. The van der Waals surface area contributed by atoms with Crippen LogP contribution in [0.3, 0.4) is 0 Å². The summed E-state index contributed by atoms with van der Waals surface area (Å²) < 4.78 is 1.64. The van der Waals surface area contributed by atoms with E-state index in [9.17, 15) is 9.59 Å². The Labute approximate surface area is 155 Å². The number of rotatable bonds is 4. The van der Waals surface area contributed by atoms with Gasteiger partial charge in [0.2, 0.25) is 5.91 Å². The molecule has 4 rings (SSSR count). The number of carbonyl (C=O) groups excluding carboxylic acids is 1. The van der Waals surface area contributed by atoms with Crippen LogP contribution in [-0.2, 0) is 24.2 Å². The van der Waals surface area contributed by atoms with E-state index in [4.69, 9.17) is 0 Å². The van der Waals surface area contributed by atoms with Gasteiger partial charge in [0, 0.05) is 44.7 Å². The summed E-state index contributed by atoms with van der Waals surface area (Å²) in [5, 5.41) is 4.61. The van der Waals surface area contributed by atoms with Crippen LogP contribution in [-0.4, -0.2) is 58.2 Å². The third-order valence-corrected chi connectivity index (χ3v) is 6.29. The average Bonchev–Trinajstić information content (AvgIpc) is 3.21. The number of nitrogens with zero attached hydrogens (tertiary/aromatic N) is 4. The second-order valence-corrected chi connectivity index (χ2v) is 8.03. The molecule has 0 radical (unpaired) electrons. The van der Waals surface area contributed by atoms with Gasteiger partial charge >= 0.3 is 0 Å². The van der Waals surface area contributed by atoms with Crippen molar-refractivity contribution in [1.29, 1.82) is 0 Å². The molecule has 0 atom stereocenters. The lowest BCUT2D eigenvalue weighted by Gasteiger charge is -2.36. The average molecular weight is 358 g/mol. The van der Waals surface area contributed by atoms with Crippen molar-refractivity contribution in [2.45, 2.75) is 57.9 Å². The molecule has 0 bridgehead atoms. The molecule has 1 aliphatic heterocycles. The fourth-order valence-electron chi connectivity index (χ4n) is 4.62. The highest BCUT2D eigenvalue weighted by molar-refractivity contribution is 5.79. The summed E-state index contributed by atoms with van der Waals surface area (Å²) in [6.45, 7) is 4.92. The number of fused-ring (bicyclic) bond motifs is 1. The van der Waals surface area contributed by atoms with Gasteiger partial charge in [-0.25, -0.2) is 4.68 Å². The van der Waals surface area contributed by atoms with Crippen molar-refractivity contribution in [3.8, 4) is 0 Å². The third-order valence-electron chi connectivity index (χ3n) is 6.29. The smallest absolute Gasteiger partial charge is 0.267 e. The summed E-state index contributed by atoms with van der Waals surface area (Å²) in [4.78, 5) is 29.2. The predicted octanol–water partition coefficient (Wildman–Crippen LogP) is 1.46. The van der Waals surface area contributed by atoms with Crippen molar-refractivity contribution >= 4 is 5.91 Å².